The number of nitrogens with two attached hydrogens (primary N) is 1. The van der Waals surface area contributed by atoms with Gasteiger partial charge >= 0.3 is 0 Å². The van der Waals surface area contributed by atoms with Gasteiger partial charge in [-0.15, -0.1) is 0 Å². The van der Waals surface area contributed by atoms with Crippen LogP contribution in [0.15, 0.2) is 23.4 Å². The molecule has 1 fully saturated rings. The summed E-state index contributed by atoms with van der Waals surface area (Å²) in [7, 11) is 0. The van der Waals surface area contributed by atoms with Crippen LogP contribution in [0, 0.1) is 5.92 Å². The fraction of sp³-hybridized carbons (Fsp3) is 0.500. The molecule has 2 N–H and O–H groups in total. The summed E-state index contributed by atoms with van der Waals surface area (Å²) >= 11 is 2.02. The first-order valence-electron chi connectivity index (χ1n) is 3.59. The van der Waals surface area contributed by atoms with Crippen molar-refractivity contribution >= 4 is 11.8 Å². The van der Waals surface area contributed by atoms with E-state index in [1.807, 2.05) is 11.8 Å². The molecule has 0 saturated carbocycles. The lowest BCUT2D eigenvalue weighted by Crippen LogP contribution is -2.11. The number of hydrogen-bond donors (Lipinski definition) is 1. The number of thioether (sulfide) groups is 1. The van der Waals surface area contributed by atoms with E-state index in [-0.39, 0.29) is 0 Å². The van der Waals surface area contributed by atoms with E-state index in [9.17, 15) is 0 Å². The van der Waals surface area contributed by atoms with Crippen LogP contribution < -0.4 is 5.73 Å². The summed E-state index contributed by atoms with van der Waals surface area (Å²) in [6.45, 7) is 0. The Hall–Kier alpha value is -0.370. The third kappa shape index (κ3) is 0.966. The van der Waals surface area contributed by atoms with E-state index in [0.717, 1.165) is 18.0 Å². The molecule has 1 aliphatic heterocycles. The lowest BCUT2D eigenvalue weighted by atomic mass is 9.93. The van der Waals surface area contributed by atoms with E-state index in [4.69, 9.17) is 5.73 Å². The van der Waals surface area contributed by atoms with Crippen LogP contribution in [0.25, 0.3) is 0 Å². The monoisotopic (exact) mass is 153 g/mol. The van der Waals surface area contributed by atoms with E-state index < -0.39 is 0 Å². The number of allylic oxidation sites excluding steroid dienone is 3. The van der Waals surface area contributed by atoms with Gasteiger partial charge in [-0.3, -0.25) is 0 Å². The van der Waals surface area contributed by atoms with Crippen LogP contribution in [0.5, 0.6) is 0 Å². The molecule has 2 rings (SSSR count). The minimum atomic E-state index is 0.773. The van der Waals surface area contributed by atoms with Crippen molar-refractivity contribution in [1.29, 1.82) is 0 Å². The van der Waals surface area contributed by atoms with Crippen LogP contribution in [0.1, 0.15) is 6.42 Å². The van der Waals surface area contributed by atoms with Gasteiger partial charge in [0.25, 0.3) is 0 Å². The number of fused-ring (bicyclic) bond motifs is 1. The van der Waals surface area contributed by atoms with Gasteiger partial charge < -0.3 is 5.73 Å². The number of hydrogen-bond acceptors (Lipinski definition) is 2. The minimum absolute atomic E-state index is 0.773. The molecule has 0 aromatic carbocycles. The Labute approximate surface area is 65.4 Å². The van der Waals surface area contributed by atoms with E-state index in [1.165, 1.54) is 11.5 Å². The van der Waals surface area contributed by atoms with E-state index in [2.05, 4.69) is 12.2 Å². The van der Waals surface area contributed by atoms with Crippen LogP contribution in [0.3, 0.4) is 0 Å². The molecule has 1 unspecified atom stereocenters. The zero-order valence-electron chi connectivity index (χ0n) is 5.84. The molecule has 1 nitrogen and oxygen atoms in total. The molecule has 1 atom stereocenters. The largest absolute Gasteiger partial charge is 0.402 e. The lowest BCUT2D eigenvalue weighted by Gasteiger charge is -2.14. The minimum Gasteiger partial charge on any atom is -0.402 e. The van der Waals surface area contributed by atoms with Crippen molar-refractivity contribution in [3.8, 4) is 0 Å². The van der Waals surface area contributed by atoms with Gasteiger partial charge in [0.1, 0.15) is 0 Å². The van der Waals surface area contributed by atoms with Crippen molar-refractivity contribution in [3.63, 3.8) is 0 Å². The van der Waals surface area contributed by atoms with Crippen molar-refractivity contribution in [1.82, 2.24) is 0 Å². The van der Waals surface area contributed by atoms with Gasteiger partial charge in [0.05, 0.1) is 0 Å². The third-order valence-corrected chi connectivity index (χ3v) is 3.28. The molecular weight excluding hydrogens is 142 g/mol. The average Bonchev–Trinajstić information content (AvgIpc) is 2.33. The van der Waals surface area contributed by atoms with Gasteiger partial charge in [0.15, 0.2) is 0 Å². The van der Waals surface area contributed by atoms with Gasteiger partial charge in [-0.1, -0.05) is 11.6 Å². The maximum atomic E-state index is 5.70. The first kappa shape index (κ1) is 6.35. The van der Waals surface area contributed by atoms with Gasteiger partial charge in [0, 0.05) is 17.2 Å². The zero-order chi connectivity index (χ0) is 6.97. The van der Waals surface area contributed by atoms with Crippen LogP contribution in [-0.4, -0.2) is 11.5 Å². The maximum Gasteiger partial charge on any atom is 0.0149 e. The summed E-state index contributed by atoms with van der Waals surface area (Å²) in [5.41, 5.74) is 8.35. The van der Waals surface area contributed by atoms with Crippen molar-refractivity contribution in [3.05, 3.63) is 23.4 Å². The highest BCUT2D eigenvalue weighted by Gasteiger charge is 2.23. The van der Waals surface area contributed by atoms with Gasteiger partial charge in [0.2, 0.25) is 0 Å². The molecule has 0 bridgehead atoms. The third-order valence-electron chi connectivity index (χ3n) is 2.11. The van der Waals surface area contributed by atoms with Gasteiger partial charge in [-0.25, -0.2) is 0 Å². The molecule has 0 radical (unpaired) electrons. The molecule has 0 aromatic heterocycles. The van der Waals surface area contributed by atoms with E-state index in [1.54, 1.807) is 5.57 Å². The first-order chi connectivity index (χ1) is 4.86. The topological polar surface area (TPSA) is 26.0 Å². The molecule has 0 amide bonds. The summed E-state index contributed by atoms with van der Waals surface area (Å²) in [6.07, 6.45) is 5.35. The highest BCUT2D eigenvalue weighted by molar-refractivity contribution is 7.99. The Balaban J connectivity index is 2.22. The second-order valence-electron chi connectivity index (χ2n) is 2.90. The van der Waals surface area contributed by atoms with Crippen molar-refractivity contribution in [2.24, 2.45) is 11.7 Å². The SMILES string of the molecule is NC1=CC=C2CSCC2C1. The molecule has 1 aliphatic carbocycles. The molecular formula is C8H11NS. The molecule has 2 aliphatic rings. The van der Waals surface area contributed by atoms with Crippen LogP contribution in [0.2, 0.25) is 0 Å². The van der Waals surface area contributed by atoms with E-state index in [0.29, 0.717) is 0 Å². The summed E-state index contributed by atoms with van der Waals surface area (Å²) in [4.78, 5) is 0. The Morgan fingerprint density at radius 1 is 1.50 bits per heavy atom. The second-order valence-corrected chi connectivity index (χ2v) is 3.93. The second kappa shape index (κ2) is 2.35. The maximum absolute atomic E-state index is 5.70. The van der Waals surface area contributed by atoms with E-state index >= 15 is 0 Å². The molecule has 0 aromatic rings. The van der Waals surface area contributed by atoms with Crippen molar-refractivity contribution in [2.75, 3.05) is 11.5 Å². The number of rotatable bonds is 0. The predicted molar refractivity (Wildman–Crippen MR) is 45.8 cm³/mol. The highest BCUT2D eigenvalue weighted by atomic mass is 32.2. The molecule has 1 saturated heterocycles. The fourth-order valence-electron chi connectivity index (χ4n) is 1.48. The fourth-order valence-corrected chi connectivity index (χ4v) is 2.79. The summed E-state index contributed by atoms with van der Waals surface area (Å²) < 4.78 is 0. The standard InChI is InChI=1S/C8H11NS/c9-8-2-1-6-4-10-5-7(6)3-8/h1-2,7H,3-5,9H2. The first-order valence-corrected chi connectivity index (χ1v) is 4.74. The lowest BCUT2D eigenvalue weighted by molar-refractivity contribution is 0.686. The van der Waals surface area contributed by atoms with Gasteiger partial charge in [-0.2, -0.15) is 11.8 Å². The smallest absolute Gasteiger partial charge is 0.0149 e. The summed E-state index contributed by atoms with van der Waals surface area (Å²) in [5.74, 6) is 3.28. The Morgan fingerprint density at radius 3 is 3.30 bits per heavy atom. The molecule has 54 valence electrons. The van der Waals surface area contributed by atoms with Crippen molar-refractivity contribution in [2.45, 2.75) is 6.42 Å². The quantitative estimate of drug-likeness (QED) is 0.571. The van der Waals surface area contributed by atoms with Crippen LogP contribution in [0.4, 0.5) is 0 Å². The Bertz CT molecular complexity index is 205. The highest BCUT2D eigenvalue weighted by Crippen LogP contribution is 2.35. The van der Waals surface area contributed by atoms with Gasteiger partial charge in [-0.05, 0) is 18.4 Å². The normalized spacial score (nSPS) is 31.0. The molecule has 1 heterocycles. The van der Waals surface area contributed by atoms with Crippen LogP contribution >= 0.6 is 11.8 Å². The molecule has 2 heteroatoms. The van der Waals surface area contributed by atoms with Crippen molar-refractivity contribution < 1.29 is 0 Å². The Morgan fingerprint density at radius 2 is 2.40 bits per heavy atom. The zero-order valence-corrected chi connectivity index (χ0v) is 6.66. The molecule has 0 spiro atoms. The molecule has 10 heavy (non-hydrogen) atoms. The van der Waals surface area contributed by atoms with Crippen LogP contribution in [-0.2, 0) is 0 Å². The predicted octanol–water partition coefficient (Wildman–Crippen LogP) is 1.52. The average molecular weight is 153 g/mol. The Kier molecular flexibility index (Phi) is 1.49. The summed E-state index contributed by atoms with van der Waals surface area (Å²) in [6, 6.07) is 0. The summed E-state index contributed by atoms with van der Waals surface area (Å²) in [5, 5.41) is 0.